The van der Waals surface area contributed by atoms with E-state index >= 15 is 0 Å². The minimum atomic E-state index is -3.61. The first kappa shape index (κ1) is 14.2. The average molecular weight is 265 g/mol. The monoisotopic (exact) mass is 264 g/mol. The summed E-state index contributed by atoms with van der Waals surface area (Å²) in [5.41, 5.74) is 0. The lowest BCUT2D eigenvalue weighted by atomic mass is 10.8. The number of phosphoric ester groups is 1. The van der Waals surface area contributed by atoms with Crippen LogP contribution in [0.3, 0.4) is 0 Å². The highest BCUT2D eigenvalue weighted by molar-refractivity contribution is 7.48. The lowest BCUT2D eigenvalue weighted by molar-refractivity contribution is 0.109. The predicted molar refractivity (Wildman–Crippen MR) is 53.3 cm³/mol. The SMILES string of the molecule is COCCOP(=O)(OC)OC=C(Cl)Cl. The molecule has 5 nitrogen and oxygen atoms in total. The minimum absolute atomic E-state index is 0.0787. The molecule has 0 aromatic rings. The molecule has 0 bridgehead atoms. The summed E-state index contributed by atoms with van der Waals surface area (Å²) in [6.45, 7) is 0.352. The van der Waals surface area contributed by atoms with Crippen molar-refractivity contribution in [1.29, 1.82) is 0 Å². The first-order valence-electron chi connectivity index (χ1n) is 3.53. The summed E-state index contributed by atoms with van der Waals surface area (Å²) < 4.78 is 29.9. The molecule has 0 aliphatic heterocycles. The second-order valence-corrected chi connectivity index (χ2v) is 4.71. The Kier molecular flexibility index (Phi) is 7.64. The van der Waals surface area contributed by atoms with Gasteiger partial charge >= 0.3 is 7.82 Å². The Balaban J connectivity index is 4.05. The summed E-state index contributed by atoms with van der Waals surface area (Å²) in [5, 5.41) is 0. The number of hydrogen-bond donors (Lipinski definition) is 0. The molecule has 0 fully saturated rings. The maximum Gasteiger partial charge on any atom is 0.529 e. The zero-order valence-electron chi connectivity index (χ0n) is 7.74. The first-order valence-corrected chi connectivity index (χ1v) is 5.74. The summed E-state index contributed by atoms with van der Waals surface area (Å²) in [5.74, 6) is 0. The third-order valence-corrected chi connectivity index (χ3v) is 2.52. The molecule has 0 aliphatic carbocycles. The van der Waals surface area contributed by atoms with Crippen LogP contribution in [0.15, 0.2) is 10.8 Å². The molecule has 14 heavy (non-hydrogen) atoms. The van der Waals surface area contributed by atoms with Crippen molar-refractivity contribution in [3.05, 3.63) is 10.8 Å². The van der Waals surface area contributed by atoms with Crippen molar-refractivity contribution in [3.63, 3.8) is 0 Å². The number of rotatable bonds is 7. The Labute approximate surface area is 92.5 Å². The van der Waals surface area contributed by atoms with Crippen LogP contribution in [0.4, 0.5) is 0 Å². The van der Waals surface area contributed by atoms with Gasteiger partial charge in [0.1, 0.15) is 10.8 Å². The third-order valence-electron chi connectivity index (χ3n) is 1.03. The number of ether oxygens (including phenoxy) is 1. The number of phosphoric acid groups is 1. The maximum atomic E-state index is 11.5. The van der Waals surface area contributed by atoms with Crippen LogP contribution in [-0.4, -0.2) is 27.4 Å². The standard InChI is InChI=1S/C6H11Cl2O5P/c1-10-3-4-12-14(9,11-2)13-5-6(7)8/h5H,3-4H2,1-2H3. The molecule has 0 aliphatic rings. The predicted octanol–water partition coefficient (Wildman–Crippen LogP) is 2.70. The molecule has 1 unspecified atom stereocenters. The Morgan fingerprint density at radius 2 is 2.00 bits per heavy atom. The van der Waals surface area contributed by atoms with Gasteiger partial charge in [0.25, 0.3) is 0 Å². The van der Waals surface area contributed by atoms with Gasteiger partial charge in [0.15, 0.2) is 0 Å². The van der Waals surface area contributed by atoms with Gasteiger partial charge in [0.2, 0.25) is 0 Å². The van der Waals surface area contributed by atoms with Gasteiger partial charge in [0.05, 0.1) is 13.2 Å². The van der Waals surface area contributed by atoms with E-state index in [2.05, 4.69) is 13.8 Å². The van der Waals surface area contributed by atoms with Gasteiger partial charge in [-0.15, -0.1) is 0 Å². The summed E-state index contributed by atoms with van der Waals surface area (Å²) in [6.07, 6.45) is 0.875. The van der Waals surface area contributed by atoms with Gasteiger partial charge in [-0.05, 0) is 0 Å². The molecule has 0 saturated heterocycles. The van der Waals surface area contributed by atoms with E-state index < -0.39 is 7.82 Å². The molecule has 0 spiro atoms. The normalized spacial score (nSPS) is 14.6. The molecular weight excluding hydrogens is 254 g/mol. The van der Waals surface area contributed by atoms with Crippen molar-refractivity contribution in [2.75, 3.05) is 27.4 Å². The second kappa shape index (κ2) is 7.51. The summed E-state index contributed by atoms with van der Waals surface area (Å²) >= 11 is 10.5. The molecule has 0 aromatic carbocycles. The van der Waals surface area contributed by atoms with Crippen molar-refractivity contribution in [2.24, 2.45) is 0 Å². The first-order chi connectivity index (χ1) is 6.54. The lowest BCUT2D eigenvalue weighted by Crippen LogP contribution is -2.02. The number of halogens is 2. The van der Waals surface area contributed by atoms with Gasteiger partial charge in [-0.3, -0.25) is 9.05 Å². The van der Waals surface area contributed by atoms with E-state index in [1.165, 1.54) is 14.2 Å². The van der Waals surface area contributed by atoms with Gasteiger partial charge in [0, 0.05) is 14.2 Å². The number of methoxy groups -OCH3 is 1. The van der Waals surface area contributed by atoms with Crippen LogP contribution in [0.2, 0.25) is 0 Å². The largest absolute Gasteiger partial charge is 0.529 e. The molecule has 0 amide bonds. The Morgan fingerprint density at radius 3 is 2.43 bits per heavy atom. The van der Waals surface area contributed by atoms with E-state index in [0.717, 1.165) is 6.26 Å². The van der Waals surface area contributed by atoms with Crippen LogP contribution >= 0.6 is 31.0 Å². The Hall–Kier alpha value is 0.230. The van der Waals surface area contributed by atoms with Crippen molar-refractivity contribution in [1.82, 2.24) is 0 Å². The Bertz CT molecular complexity index is 228. The molecule has 0 aromatic heterocycles. The highest BCUT2D eigenvalue weighted by Crippen LogP contribution is 2.49. The van der Waals surface area contributed by atoms with Crippen LogP contribution in [0.1, 0.15) is 0 Å². The van der Waals surface area contributed by atoms with Crippen LogP contribution in [0, 0.1) is 0 Å². The third kappa shape index (κ3) is 6.65. The smallest absolute Gasteiger partial charge is 0.409 e. The van der Waals surface area contributed by atoms with Gasteiger partial charge in [-0.2, -0.15) is 0 Å². The van der Waals surface area contributed by atoms with Crippen LogP contribution < -0.4 is 0 Å². The zero-order chi connectivity index (χ0) is 11.0. The van der Waals surface area contributed by atoms with E-state index in [1.807, 2.05) is 0 Å². The van der Waals surface area contributed by atoms with E-state index in [1.54, 1.807) is 0 Å². The van der Waals surface area contributed by atoms with Gasteiger partial charge in [-0.1, -0.05) is 23.2 Å². The average Bonchev–Trinajstić information content (AvgIpc) is 2.15. The van der Waals surface area contributed by atoms with E-state index in [0.29, 0.717) is 0 Å². The van der Waals surface area contributed by atoms with Gasteiger partial charge in [-0.25, -0.2) is 4.57 Å². The molecule has 1 atom stereocenters. The quantitative estimate of drug-likeness (QED) is 0.402. The Morgan fingerprint density at radius 1 is 1.36 bits per heavy atom. The fraction of sp³-hybridized carbons (Fsp3) is 0.667. The van der Waals surface area contributed by atoms with Gasteiger partial charge < -0.3 is 9.26 Å². The molecule has 0 N–H and O–H groups in total. The lowest BCUT2D eigenvalue weighted by Gasteiger charge is -2.13. The van der Waals surface area contributed by atoms with Crippen LogP contribution in [-0.2, 0) is 22.9 Å². The van der Waals surface area contributed by atoms with Crippen molar-refractivity contribution < 1.29 is 22.9 Å². The highest BCUT2D eigenvalue weighted by Gasteiger charge is 2.24. The fourth-order valence-electron chi connectivity index (χ4n) is 0.463. The van der Waals surface area contributed by atoms with Crippen molar-refractivity contribution in [3.8, 4) is 0 Å². The van der Waals surface area contributed by atoms with E-state index in [9.17, 15) is 4.57 Å². The fourth-order valence-corrected chi connectivity index (χ4v) is 1.46. The second-order valence-electron chi connectivity index (χ2n) is 1.97. The zero-order valence-corrected chi connectivity index (χ0v) is 10.1. The molecule has 84 valence electrons. The summed E-state index contributed by atoms with van der Waals surface area (Å²) in [7, 11) is -0.941. The van der Waals surface area contributed by atoms with E-state index in [4.69, 9.17) is 27.7 Å². The summed E-state index contributed by atoms with van der Waals surface area (Å²) in [6, 6.07) is 0. The molecule has 0 heterocycles. The molecule has 0 radical (unpaired) electrons. The van der Waals surface area contributed by atoms with Crippen molar-refractivity contribution in [2.45, 2.75) is 0 Å². The molecule has 0 saturated carbocycles. The van der Waals surface area contributed by atoms with E-state index in [-0.39, 0.29) is 17.7 Å². The minimum Gasteiger partial charge on any atom is -0.409 e. The summed E-state index contributed by atoms with van der Waals surface area (Å²) in [4.78, 5) is 0. The molecular formula is C6H11Cl2O5P. The van der Waals surface area contributed by atoms with Crippen LogP contribution in [0.25, 0.3) is 0 Å². The van der Waals surface area contributed by atoms with Crippen LogP contribution in [0.5, 0.6) is 0 Å². The highest BCUT2D eigenvalue weighted by atomic mass is 35.5. The van der Waals surface area contributed by atoms with Crippen molar-refractivity contribution >= 4 is 31.0 Å². The maximum absolute atomic E-state index is 11.5. The number of hydrogen-bond acceptors (Lipinski definition) is 5. The molecule has 8 heteroatoms. The topological polar surface area (TPSA) is 54.0 Å². The molecule has 0 rings (SSSR count).